The Morgan fingerprint density at radius 3 is 2.54 bits per heavy atom. The van der Waals surface area contributed by atoms with Gasteiger partial charge in [0.1, 0.15) is 17.6 Å². The number of hydrogen-bond acceptors (Lipinski definition) is 6. The molecule has 2 aromatic carbocycles. The topological polar surface area (TPSA) is 91.5 Å². The van der Waals surface area contributed by atoms with Gasteiger partial charge in [-0.25, -0.2) is 4.99 Å². The summed E-state index contributed by atoms with van der Waals surface area (Å²) in [7, 11) is 0. The third-order valence-corrected chi connectivity index (χ3v) is 7.08. The van der Waals surface area contributed by atoms with Gasteiger partial charge in [-0.3, -0.25) is 9.59 Å². The van der Waals surface area contributed by atoms with Crippen molar-refractivity contribution in [1.29, 1.82) is 5.26 Å². The van der Waals surface area contributed by atoms with E-state index in [0.29, 0.717) is 37.1 Å². The van der Waals surface area contributed by atoms with E-state index in [-0.39, 0.29) is 23.8 Å². The highest BCUT2D eigenvalue weighted by Crippen LogP contribution is 2.42. The Morgan fingerprint density at radius 2 is 1.91 bits per heavy atom. The maximum atomic E-state index is 12.9. The predicted octanol–water partition coefficient (Wildman–Crippen LogP) is 6.66. The van der Waals surface area contributed by atoms with Gasteiger partial charge in [-0.15, -0.1) is 0 Å². The quantitative estimate of drug-likeness (QED) is 0.294. The summed E-state index contributed by atoms with van der Waals surface area (Å²) in [5.74, 6) is -2.30. The zero-order valence-electron chi connectivity index (χ0n) is 18.6. The third-order valence-electron chi connectivity index (χ3n) is 5.09. The van der Waals surface area contributed by atoms with E-state index in [1.807, 2.05) is 0 Å². The van der Waals surface area contributed by atoms with Crippen molar-refractivity contribution in [2.75, 3.05) is 17.7 Å². The monoisotopic (exact) mass is 547 g/mol. The molecule has 180 valence electrons. The van der Waals surface area contributed by atoms with E-state index in [2.05, 4.69) is 23.0 Å². The number of halogens is 3. The minimum atomic E-state index is -0.805. The number of thioether (sulfide) groups is 1. The van der Waals surface area contributed by atoms with Gasteiger partial charge in [0.25, 0.3) is 0 Å². The number of allylic oxidation sites excluding steroid dienone is 1. The molecule has 3 rings (SSSR count). The number of amides is 1. The fourth-order valence-electron chi connectivity index (χ4n) is 3.53. The van der Waals surface area contributed by atoms with Crippen LogP contribution in [0.2, 0.25) is 15.1 Å². The summed E-state index contributed by atoms with van der Waals surface area (Å²) in [5, 5.41) is 14.4. The number of hydrogen-bond donors (Lipinski definition) is 1. The molecule has 1 aliphatic heterocycles. The molecule has 6 nitrogen and oxygen atoms in total. The number of aliphatic imine (C=N–C) groups is 1. The van der Waals surface area contributed by atoms with Crippen LogP contribution in [0.15, 0.2) is 70.7 Å². The summed E-state index contributed by atoms with van der Waals surface area (Å²) >= 11 is 19.1. The molecule has 2 atom stereocenters. The standard InChI is InChI=1S/C25H20Cl3N3O3S/c1-3-10-34-25(33)22-14(2)30-24(18(12-29)23(22)15-4-6-16(26)7-5-15)35-13-21(32)31-17-8-9-19(27)20(28)11-17/h3-9,11,22-23H,1,10,13H2,2H3,(H,31,32)/t22?,23-/m1/s1. The van der Waals surface area contributed by atoms with Crippen molar-refractivity contribution in [3.05, 3.63) is 86.4 Å². The first-order valence-corrected chi connectivity index (χ1v) is 12.5. The molecule has 35 heavy (non-hydrogen) atoms. The minimum absolute atomic E-state index is 0.0174. The molecule has 10 heteroatoms. The molecule has 0 aliphatic carbocycles. The number of benzene rings is 2. The van der Waals surface area contributed by atoms with Crippen LogP contribution in [0.5, 0.6) is 0 Å². The van der Waals surface area contributed by atoms with Gasteiger partial charge in [0.2, 0.25) is 5.91 Å². The van der Waals surface area contributed by atoms with E-state index in [1.165, 1.54) is 6.08 Å². The molecule has 0 aromatic heterocycles. The van der Waals surface area contributed by atoms with Gasteiger partial charge < -0.3 is 10.1 Å². The molecule has 0 bridgehead atoms. The van der Waals surface area contributed by atoms with E-state index in [4.69, 9.17) is 39.5 Å². The molecule has 1 heterocycles. The number of nitrogens with one attached hydrogen (secondary N) is 1. The zero-order valence-corrected chi connectivity index (χ0v) is 21.6. The summed E-state index contributed by atoms with van der Waals surface area (Å²) in [5.41, 5.74) is 1.95. The summed E-state index contributed by atoms with van der Waals surface area (Å²) in [4.78, 5) is 30.0. The number of anilines is 1. The van der Waals surface area contributed by atoms with Crippen LogP contribution in [-0.4, -0.2) is 29.9 Å². The smallest absolute Gasteiger partial charge is 0.315 e. The lowest BCUT2D eigenvalue weighted by atomic mass is 9.77. The van der Waals surface area contributed by atoms with Crippen molar-refractivity contribution < 1.29 is 14.3 Å². The van der Waals surface area contributed by atoms with Crippen molar-refractivity contribution in [2.24, 2.45) is 10.9 Å². The molecular formula is C25H20Cl3N3O3S. The highest BCUT2D eigenvalue weighted by atomic mass is 35.5. The second-order valence-corrected chi connectivity index (χ2v) is 9.69. The summed E-state index contributed by atoms with van der Waals surface area (Å²) in [6, 6.07) is 13.9. The fourth-order valence-corrected chi connectivity index (χ4v) is 4.83. The molecular weight excluding hydrogens is 529 g/mol. The second-order valence-electron chi connectivity index (χ2n) is 7.48. The van der Waals surface area contributed by atoms with E-state index in [0.717, 1.165) is 11.8 Å². The number of nitrogens with zero attached hydrogens (tertiary/aromatic N) is 2. The van der Waals surface area contributed by atoms with Crippen molar-refractivity contribution in [2.45, 2.75) is 12.8 Å². The minimum Gasteiger partial charge on any atom is -0.461 e. The lowest BCUT2D eigenvalue weighted by molar-refractivity contribution is -0.145. The van der Waals surface area contributed by atoms with E-state index in [9.17, 15) is 14.9 Å². The first-order valence-electron chi connectivity index (χ1n) is 10.3. The Morgan fingerprint density at radius 1 is 1.20 bits per heavy atom. The molecule has 1 unspecified atom stereocenters. The number of carbonyl (C=O) groups excluding carboxylic acids is 2. The van der Waals surface area contributed by atoms with Crippen molar-refractivity contribution in [1.82, 2.24) is 0 Å². The number of nitriles is 1. The van der Waals surface area contributed by atoms with E-state index >= 15 is 0 Å². The Hall–Kier alpha value is -2.76. The first kappa shape index (κ1) is 26.8. The molecule has 1 amide bonds. The highest BCUT2D eigenvalue weighted by Gasteiger charge is 2.40. The molecule has 0 radical (unpaired) electrons. The number of carbonyl (C=O) groups is 2. The van der Waals surface area contributed by atoms with Gasteiger partial charge in [0, 0.05) is 22.3 Å². The molecule has 0 saturated heterocycles. The summed E-state index contributed by atoms with van der Waals surface area (Å²) in [6.45, 7) is 5.31. The Labute approximate surface area is 222 Å². The molecule has 1 N–H and O–H groups in total. The highest BCUT2D eigenvalue weighted by molar-refractivity contribution is 8.03. The molecule has 2 aromatic rings. The van der Waals surface area contributed by atoms with Crippen LogP contribution < -0.4 is 5.32 Å². The Kier molecular flexibility index (Phi) is 9.41. The zero-order chi connectivity index (χ0) is 25.5. The molecule has 0 fully saturated rings. The second kappa shape index (κ2) is 12.3. The average molecular weight is 549 g/mol. The van der Waals surface area contributed by atoms with E-state index in [1.54, 1.807) is 49.4 Å². The summed E-state index contributed by atoms with van der Waals surface area (Å²) < 4.78 is 5.30. The van der Waals surface area contributed by atoms with Crippen LogP contribution in [0.3, 0.4) is 0 Å². The first-order chi connectivity index (χ1) is 16.7. The van der Waals surface area contributed by atoms with Crippen LogP contribution in [0.4, 0.5) is 5.69 Å². The SMILES string of the molecule is C=CCOC(=O)C1C(C)=NC(SCC(=O)Nc2ccc(Cl)c(Cl)c2)=C(C#N)[C@H]1c1ccc(Cl)cc1. The number of esters is 1. The van der Waals surface area contributed by atoms with Gasteiger partial charge in [-0.1, -0.05) is 71.4 Å². The van der Waals surface area contributed by atoms with Gasteiger partial charge in [-0.2, -0.15) is 5.26 Å². The van der Waals surface area contributed by atoms with E-state index < -0.39 is 17.8 Å². The largest absolute Gasteiger partial charge is 0.461 e. The lowest BCUT2D eigenvalue weighted by Crippen LogP contribution is -2.34. The molecule has 0 spiro atoms. The fraction of sp³-hybridized carbons (Fsp3) is 0.200. The van der Waals surface area contributed by atoms with Gasteiger partial charge >= 0.3 is 5.97 Å². The molecule has 0 saturated carbocycles. The predicted molar refractivity (Wildman–Crippen MR) is 142 cm³/mol. The van der Waals surface area contributed by atoms with Gasteiger partial charge in [0.15, 0.2) is 0 Å². The van der Waals surface area contributed by atoms with Crippen LogP contribution in [0.1, 0.15) is 18.4 Å². The average Bonchev–Trinajstić information content (AvgIpc) is 2.83. The Balaban J connectivity index is 1.88. The van der Waals surface area contributed by atoms with Crippen molar-refractivity contribution in [3.63, 3.8) is 0 Å². The molecule has 1 aliphatic rings. The summed E-state index contributed by atoms with van der Waals surface area (Å²) in [6.07, 6.45) is 1.47. The number of ether oxygens (including phenoxy) is 1. The normalized spacial score (nSPS) is 17.3. The maximum absolute atomic E-state index is 12.9. The Bertz CT molecular complexity index is 1250. The lowest BCUT2D eigenvalue weighted by Gasteiger charge is -2.30. The van der Waals surface area contributed by atoms with Crippen LogP contribution >= 0.6 is 46.6 Å². The van der Waals surface area contributed by atoms with Crippen LogP contribution in [0.25, 0.3) is 0 Å². The third kappa shape index (κ3) is 6.68. The van der Waals surface area contributed by atoms with Crippen LogP contribution in [-0.2, 0) is 14.3 Å². The van der Waals surface area contributed by atoms with Crippen LogP contribution in [0, 0.1) is 17.2 Å². The van der Waals surface area contributed by atoms with Crippen molar-refractivity contribution >= 4 is 69.8 Å². The van der Waals surface area contributed by atoms with Crippen molar-refractivity contribution in [3.8, 4) is 6.07 Å². The maximum Gasteiger partial charge on any atom is 0.315 e. The number of rotatable bonds is 8. The van der Waals surface area contributed by atoms with Gasteiger partial charge in [0.05, 0.1) is 27.4 Å². The van der Waals surface area contributed by atoms with Gasteiger partial charge in [-0.05, 0) is 42.8 Å².